The molecule has 0 radical (unpaired) electrons. The summed E-state index contributed by atoms with van der Waals surface area (Å²) in [5.74, 6) is 0.448. The standard InChI is InChI=1S/C42H53N3O4/c1-39(2,3)28-19-24(20-29(37(28)48)40(4,5)6)17-26-23-34(45-43-32-15-13-14-16-33(32)44-45)36(47)27(35(26)46)18-25-21-30(41(7,8)9)38(49)31(22-25)42(10,11)12/h13-16,19-23,46-49H,17-18H2,1-12H3. The van der Waals surface area contributed by atoms with Gasteiger partial charge in [-0.2, -0.15) is 0 Å². The van der Waals surface area contributed by atoms with Crippen LogP contribution in [0.1, 0.15) is 128 Å². The molecule has 0 aliphatic heterocycles. The van der Waals surface area contributed by atoms with Gasteiger partial charge in [-0.25, -0.2) is 0 Å². The average Bonchev–Trinajstić information content (AvgIpc) is 3.40. The Bertz CT molecular complexity index is 1940. The second-order valence-corrected chi connectivity index (χ2v) is 17.6. The Morgan fingerprint density at radius 3 is 1.22 bits per heavy atom. The van der Waals surface area contributed by atoms with Crippen LogP contribution in [0.15, 0.2) is 54.6 Å². The van der Waals surface area contributed by atoms with Crippen LogP contribution in [0.3, 0.4) is 0 Å². The molecule has 1 aromatic heterocycles. The summed E-state index contributed by atoms with van der Waals surface area (Å²) in [6.45, 7) is 24.9. The quantitative estimate of drug-likeness (QED) is 0.149. The topological polar surface area (TPSA) is 112 Å². The van der Waals surface area contributed by atoms with E-state index >= 15 is 0 Å². The Kier molecular flexibility index (Phi) is 8.85. The van der Waals surface area contributed by atoms with Crippen LogP contribution in [-0.4, -0.2) is 35.4 Å². The molecular weight excluding hydrogens is 610 g/mol. The molecule has 0 fully saturated rings. The molecular formula is C42H53N3O4. The number of hydrogen-bond donors (Lipinski definition) is 4. The van der Waals surface area contributed by atoms with Crippen molar-refractivity contribution in [3.05, 3.63) is 99.1 Å². The molecule has 7 heteroatoms. The SMILES string of the molecule is CC(C)(C)c1cc(Cc2cc(-n3nc4ccccc4n3)c(O)c(Cc3cc(C(C)(C)C)c(O)c(C(C)(C)C)c3)c2O)cc(C(C)(C)C)c1O. The lowest BCUT2D eigenvalue weighted by Crippen LogP contribution is -2.18. The third-order valence-corrected chi connectivity index (χ3v) is 9.28. The summed E-state index contributed by atoms with van der Waals surface area (Å²) in [6, 6.07) is 17.3. The summed E-state index contributed by atoms with van der Waals surface area (Å²) in [5.41, 5.74) is 6.42. The summed E-state index contributed by atoms with van der Waals surface area (Å²) >= 11 is 0. The predicted molar refractivity (Wildman–Crippen MR) is 199 cm³/mol. The number of fused-ring (bicyclic) bond motifs is 1. The minimum atomic E-state index is -0.343. The maximum absolute atomic E-state index is 12.0. The van der Waals surface area contributed by atoms with Crippen LogP contribution >= 0.6 is 0 Å². The first-order chi connectivity index (χ1) is 22.5. The highest BCUT2D eigenvalue weighted by molar-refractivity contribution is 5.74. The molecule has 0 saturated heterocycles. The summed E-state index contributed by atoms with van der Waals surface area (Å²) < 4.78 is 0. The summed E-state index contributed by atoms with van der Waals surface area (Å²) in [6.07, 6.45) is 0.553. The van der Waals surface area contributed by atoms with Crippen molar-refractivity contribution < 1.29 is 20.4 Å². The van der Waals surface area contributed by atoms with Crippen molar-refractivity contribution in [1.82, 2.24) is 15.0 Å². The molecule has 4 aromatic carbocycles. The first-order valence-electron chi connectivity index (χ1n) is 17.1. The van der Waals surface area contributed by atoms with Crippen LogP contribution < -0.4 is 0 Å². The lowest BCUT2D eigenvalue weighted by Gasteiger charge is -2.29. The van der Waals surface area contributed by atoms with Crippen LogP contribution in [0.25, 0.3) is 16.7 Å². The highest BCUT2D eigenvalue weighted by Gasteiger charge is 2.30. The van der Waals surface area contributed by atoms with Crippen molar-refractivity contribution in [2.45, 2.75) is 118 Å². The van der Waals surface area contributed by atoms with E-state index in [1.807, 2.05) is 48.5 Å². The van der Waals surface area contributed by atoms with E-state index in [-0.39, 0.29) is 45.3 Å². The first kappa shape index (κ1) is 35.8. The first-order valence-corrected chi connectivity index (χ1v) is 17.1. The zero-order valence-electron chi connectivity index (χ0n) is 31.2. The van der Waals surface area contributed by atoms with Crippen LogP contribution in [-0.2, 0) is 34.5 Å². The second-order valence-electron chi connectivity index (χ2n) is 17.6. The molecule has 0 bridgehead atoms. The molecule has 260 valence electrons. The monoisotopic (exact) mass is 663 g/mol. The van der Waals surface area contributed by atoms with E-state index in [2.05, 4.69) is 93.3 Å². The molecule has 4 N–H and O–H groups in total. The fourth-order valence-corrected chi connectivity index (χ4v) is 6.49. The van der Waals surface area contributed by atoms with E-state index in [0.717, 1.165) is 33.4 Å². The molecule has 5 aromatic rings. The van der Waals surface area contributed by atoms with Crippen molar-refractivity contribution in [3.8, 4) is 28.7 Å². The van der Waals surface area contributed by atoms with E-state index in [0.29, 0.717) is 40.0 Å². The Labute approximate surface area is 291 Å². The van der Waals surface area contributed by atoms with Crippen molar-refractivity contribution >= 4 is 11.0 Å². The molecule has 5 rings (SSSR count). The largest absolute Gasteiger partial charge is 0.507 e. The van der Waals surface area contributed by atoms with Crippen molar-refractivity contribution in [3.63, 3.8) is 0 Å². The normalized spacial score (nSPS) is 13.0. The Morgan fingerprint density at radius 2 is 0.857 bits per heavy atom. The van der Waals surface area contributed by atoms with E-state index in [4.69, 9.17) is 0 Å². The maximum atomic E-state index is 12.0. The minimum absolute atomic E-state index is 0.0108. The van der Waals surface area contributed by atoms with Crippen molar-refractivity contribution in [2.75, 3.05) is 0 Å². The molecule has 0 unspecified atom stereocenters. The van der Waals surface area contributed by atoms with Gasteiger partial charge in [0.1, 0.15) is 39.7 Å². The van der Waals surface area contributed by atoms with Crippen LogP contribution in [0.2, 0.25) is 0 Å². The smallest absolute Gasteiger partial charge is 0.150 e. The fourth-order valence-electron chi connectivity index (χ4n) is 6.49. The lowest BCUT2D eigenvalue weighted by molar-refractivity contribution is 0.422. The maximum Gasteiger partial charge on any atom is 0.150 e. The summed E-state index contributed by atoms with van der Waals surface area (Å²) in [7, 11) is 0. The van der Waals surface area contributed by atoms with Gasteiger partial charge >= 0.3 is 0 Å². The number of hydrogen-bond acceptors (Lipinski definition) is 6. The Hall–Kier alpha value is -4.52. The number of phenols is 4. The Balaban J connectivity index is 1.76. The zero-order valence-corrected chi connectivity index (χ0v) is 31.2. The van der Waals surface area contributed by atoms with E-state index < -0.39 is 0 Å². The van der Waals surface area contributed by atoms with E-state index in [1.165, 1.54) is 4.80 Å². The van der Waals surface area contributed by atoms with Crippen LogP contribution in [0.5, 0.6) is 23.0 Å². The van der Waals surface area contributed by atoms with E-state index in [1.54, 1.807) is 6.07 Å². The third kappa shape index (κ3) is 7.12. The van der Waals surface area contributed by atoms with Gasteiger partial charge in [-0.15, -0.1) is 15.0 Å². The number of aromatic hydroxyl groups is 4. The predicted octanol–water partition coefficient (Wildman–Crippen LogP) is 9.61. The van der Waals surface area contributed by atoms with Gasteiger partial charge in [0.25, 0.3) is 0 Å². The van der Waals surface area contributed by atoms with Gasteiger partial charge in [-0.05, 0) is 73.2 Å². The van der Waals surface area contributed by atoms with Gasteiger partial charge in [0.2, 0.25) is 0 Å². The van der Waals surface area contributed by atoms with Gasteiger partial charge in [-0.1, -0.05) is 119 Å². The molecule has 49 heavy (non-hydrogen) atoms. The van der Waals surface area contributed by atoms with Gasteiger partial charge in [-0.3, -0.25) is 0 Å². The van der Waals surface area contributed by atoms with Crippen LogP contribution in [0, 0.1) is 0 Å². The van der Waals surface area contributed by atoms with Crippen LogP contribution in [0.4, 0.5) is 0 Å². The Morgan fingerprint density at radius 1 is 0.490 bits per heavy atom. The minimum Gasteiger partial charge on any atom is -0.507 e. The third-order valence-electron chi connectivity index (χ3n) is 9.28. The molecule has 0 aliphatic rings. The van der Waals surface area contributed by atoms with Crippen molar-refractivity contribution in [1.29, 1.82) is 0 Å². The van der Waals surface area contributed by atoms with Gasteiger partial charge < -0.3 is 20.4 Å². The highest BCUT2D eigenvalue weighted by Crippen LogP contribution is 2.45. The number of nitrogens with zero attached hydrogens (tertiary/aromatic N) is 3. The number of phenolic OH excluding ortho intramolecular Hbond substituents is 4. The molecule has 7 nitrogen and oxygen atoms in total. The summed E-state index contributed by atoms with van der Waals surface area (Å²) in [4.78, 5) is 1.43. The average molecular weight is 664 g/mol. The molecule has 0 saturated carbocycles. The lowest BCUT2D eigenvalue weighted by atomic mass is 9.77. The van der Waals surface area contributed by atoms with Crippen molar-refractivity contribution in [2.24, 2.45) is 0 Å². The van der Waals surface area contributed by atoms with Gasteiger partial charge in [0.05, 0.1) is 0 Å². The molecule has 1 heterocycles. The molecule has 0 atom stereocenters. The van der Waals surface area contributed by atoms with E-state index in [9.17, 15) is 20.4 Å². The number of rotatable bonds is 5. The number of benzene rings is 4. The molecule has 0 aliphatic carbocycles. The van der Waals surface area contributed by atoms with Gasteiger partial charge in [0.15, 0.2) is 0 Å². The molecule has 0 spiro atoms. The second kappa shape index (κ2) is 12.1. The molecule has 0 amide bonds. The summed E-state index contributed by atoms with van der Waals surface area (Å²) in [5, 5.41) is 56.0. The zero-order chi connectivity index (χ0) is 36.4. The number of aromatic nitrogens is 3. The fraction of sp³-hybridized carbons (Fsp3) is 0.429. The highest BCUT2D eigenvalue weighted by atomic mass is 16.3. The van der Waals surface area contributed by atoms with Gasteiger partial charge in [0, 0.05) is 24.0 Å².